The highest BCUT2D eigenvalue weighted by molar-refractivity contribution is 7.16. The maximum Gasteiger partial charge on any atom is 0.170 e. The summed E-state index contributed by atoms with van der Waals surface area (Å²) >= 11 is 0. The van der Waals surface area contributed by atoms with Gasteiger partial charge in [-0.2, -0.15) is 0 Å². The number of hydrogen-bond acceptors (Lipinski definition) is 4. The molecule has 0 amide bonds. The molecule has 106 valence electrons. The predicted octanol–water partition coefficient (Wildman–Crippen LogP) is 2.94. The van der Waals surface area contributed by atoms with Gasteiger partial charge in [0.05, 0.1) is 21.3 Å². The molecule has 1 aromatic rings. The molecule has 4 nitrogen and oxygen atoms in total. The van der Waals surface area contributed by atoms with Gasteiger partial charge < -0.3 is 14.2 Å². The molecule has 0 aromatic heterocycles. The summed E-state index contributed by atoms with van der Waals surface area (Å²) in [5, 5.41) is 0. The molecule has 0 N–H and O–H groups in total. The van der Waals surface area contributed by atoms with E-state index in [1.165, 1.54) is 14.2 Å². The van der Waals surface area contributed by atoms with Gasteiger partial charge in [0, 0.05) is 18.6 Å². The number of hydrogen-bond donors (Lipinski definition) is 0. The van der Waals surface area contributed by atoms with Crippen LogP contribution < -0.4 is 14.2 Å². The average molecular weight is 284 g/mol. The monoisotopic (exact) mass is 284 g/mol. The van der Waals surface area contributed by atoms with Crippen molar-refractivity contribution in [3.05, 3.63) is 17.7 Å². The van der Waals surface area contributed by atoms with Crippen LogP contribution in [0, 0.1) is 0 Å². The maximum atomic E-state index is 12.3. The molecule has 1 aromatic carbocycles. The number of Topliss-reactive ketones (excluding diaryl/α,β-unsaturated/α-hetero) is 1. The Labute approximate surface area is 116 Å². The second-order valence-electron chi connectivity index (χ2n) is 4.08. The van der Waals surface area contributed by atoms with E-state index in [-0.39, 0.29) is 5.78 Å². The van der Waals surface area contributed by atoms with Crippen molar-refractivity contribution in [3.8, 4) is 17.2 Å². The third-order valence-electron chi connectivity index (χ3n) is 2.85. The third kappa shape index (κ3) is 4.10. The SMILES string of the molecule is COc1cc(OC)c(C(=O)CCCCP)c(OC)c1. The first-order chi connectivity index (χ1) is 9.17. The van der Waals surface area contributed by atoms with E-state index in [0.29, 0.717) is 29.2 Å². The minimum Gasteiger partial charge on any atom is -0.496 e. The minimum absolute atomic E-state index is 0.0369. The van der Waals surface area contributed by atoms with E-state index >= 15 is 0 Å². The summed E-state index contributed by atoms with van der Waals surface area (Å²) in [5.74, 6) is 1.63. The maximum absolute atomic E-state index is 12.3. The van der Waals surface area contributed by atoms with Crippen LogP contribution in [0.2, 0.25) is 0 Å². The molecule has 0 saturated carbocycles. The van der Waals surface area contributed by atoms with Gasteiger partial charge in [0.1, 0.15) is 22.8 Å². The standard InChI is InChI=1S/C14H21O4P/c1-16-10-8-12(17-2)14(13(9-10)18-3)11(15)6-4-5-7-19/h8-9H,4-7,19H2,1-3H3. The zero-order chi connectivity index (χ0) is 14.3. The molecule has 0 radical (unpaired) electrons. The van der Waals surface area contributed by atoms with E-state index in [4.69, 9.17) is 14.2 Å². The van der Waals surface area contributed by atoms with Crippen LogP contribution in [-0.2, 0) is 0 Å². The number of carbonyl (C=O) groups is 1. The third-order valence-corrected chi connectivity index (χ3v) is 3.26. The first-order valence-electron chi connectivity index (χ1n) is 6.21. The van der Waals surface area contributed by atoms with Crippen molar-refractivity contribution in [1.82, 2.24) is 0 Å². The molecule has 0 aliphatic rings. The largest absolute Gasteiger partial charge is 0.496 e. The van der Waals surface area contributed by atoms with Gasteiger partial charge in [0.15, 0.2) is 5.78 Å². The minimum atomic E-state index is 0.0369. The van der Waals surface area contributed by atoms with E-state index in [1.807, 2.05) is 0 Å². The van der Waals surface area contributed by atoms with Crippen LogP contribution in [0.3, 0.4) is 0 Å². The number of rotatable bonds is 8. The molecule has 0 saturated heterocycles. The number of ether oxygens (including phenoxy) is 3. The van der Waals surface area contributed by atoms with Crippen molar-refractivity contribution in [1.29, 1.82) is 0 Å². The molecule has 1 rings (SSSR count). The van der Waals surface area contributed by atoms with Gasteiger partial charge >= 0.3 is 0 Å². The predicted molar refractivity (Wildman–Crippen MR) is 78.9 cm³/mol. The Morgan fingerprint density at radius 3 is 2.05 bits per heavy atom. The Kier molecular flexibility index (Phi) is 6.65. The lowest BCUT2D eigenvalue weighted by atomic mass is 10.0. The van der Waals surface area contributed by atoms with Crippen molar-refractivity contribution in [2.24, 2.45) is 0 Å². The zero-order valence-corrected chi connectivity index (χ0v) is 12.8. The highest BCUT2D eigenvalue weighted by Gasteiger charge is 2.19. The molecule has 1 atom stereocenters. The lowest BCUT2D eigenvalue weighted by Crippen LogP contribution is -2.06. The molecule has 0 spiro atoms. The summed E-state index contributed by atoms with van der Waals surface area (Å²) in [6, 6.07) is 3.40. The fraction of sp³-hybridized carbons (Fsp3) is 0.500. The highest BCUT2D eigenvalue weighted by atomic mass is 31.0. The fourth-order valence-corrected chi connectivity index (χ4v) is 2.12. The van der Waals surface area contributed by atoms with Crippen LogP contribution in [0.4, 0.5) is 0 Å². The topological polar surface area (TPSA) is 44.8 Å². The van der Waals surface area contributed by atoms with Gasteiger partial charge in [0.2, 0.25) is 0 Å². The van der Waals surface area contributed by atoms with E-state index in [1.54, 1.807) is 19.2 Å². The number of methoxy groups -OCH3 is 3. The molecule has 0 aliphatic heterocycles. The van der Waals surface area contributed by atoms with Gasteiger partial charge in [-0.3, -0.25) is 4.79 Å². The van der Waals surface area contributed by atoms with Gasteiger partial charge in [-0.1, -0.05) is 0 Å². The van der Waals surface area contributed by atoms with Crippen molar-refractivity contribution in [2.45, 2.75) is 19.3 Å². The molecule has 0 heterocycles. The van der Waals surface area contributed by atoms with Crippen molar-refractivity contribution in [2.75, 3.05) is 27.5 Å². The quantitative estimate of drug-likeness (QED) is 0.418. The summed E-state index contributed by atoms with van der Waals surface area (Å²) in [7, 11) is 7.30. The summed E-state index contributed by atoms with van der Waals surface area (Å²) in [6.45, 7) is 0. The number of benzene rings is 1. The van der Waals surface area contributed by atoms with Crippen molar-refractivity contribution >= 4 is 15.0 Å². The molecule has 0 bridgehead atoms. The van der Waals surface area contributed by atoms with Crippen LogP contribution in [0.5, 0.6) is 17.2 Å². The molecular weight excluding hydrogens is 263 g/mol. The van der Waals surface area contributed by atoms with Gasteiger partial charge in [-0.15, -0.1) is 9.24 Å². The summed E-state index contributed by atoms with van der Waals surface area (Å²) < 4.78 is 15.7. The van der Waals surface area contributed by atoms with Gasteiger partial charge in [-0.25, -0.2) is 0 Å². The Bertz CT molecular complexity index is 406. The Hall–Kier alpha value is -1.28. The molecule has 0 fully saturated rings. The van der Waals surface area contributed by atoms with Crippen LogP contribution in [-0.4, -0.2) is 33.3 Å². The van der Waals surface area contributed by atoms with E-state index in [2.05, 4.69) is 9.24 Å². The summed E-state index contributed by atoms with van der Waals surface area (Å²) in [4.78, 5) is 12.3. The number of carbonyl (C=O) groups excluding carboxylic acids is 1. The van der Waals surface area contributed by atoms with Crippen LogP contribution >= 0.6 is 9.24 Å². The second-order valence-corrected chi connectivity index (χ2v) is 4.65. The van der Waals surface area contributed by atoms with Gasteiger partial charge in [-0.05, 0) is 19.0 Å². The van der Waals surface area contributed by atoms with E-state index in [9.17, 15) is 4.79 Å². The Balaban J connectivity index is 3.05. The number of unbranched alkanes of at least 4 members (excludes halogenated alkanes) is 1. The van der Waals surface area contributed by atoms with Crippen LogP contribution in [0.25, 0.3) is 0 Å². The van der Waals surface area contributed by atoms with E-state index < -0.39 is 0 Å². The lowest BCUT2D eigenvalue weighted by molar-refractivity contribution is 0.0973. The van der Waals surface area contributed by atoms with E-state index in [0.717, 1.165) is 19.0 Å². The fourth-order valence-electron chi connectivity index (χ4n) is 1.84. The molecule has 5 heteroatoms. The Morgan fingerprint density at radius 2 is 1.63 bits per heavy atom. The van der Waals surface area contributed by atoms with Crippen molar-refractivity contribution in [3.63, 3.8) is 0 Å². The second kappa shape index (κ2) is 8.00. The molecule has 0 aliphatic carbocycles. The normalized spacial score (nSPS) is 10.1. The van der Waals surface area contributed by atoms with Crippen molar-refractivity contribution < 1.29 is 19.0 Å². The lowest BCUT2D eigenvalue weighted by Gasteiger charge is -2.14. The zero-order valence-electron chi connectivity index (χ0n) is 11.7. The van der Waals surface area contributed by atoms with Crippen LogP contribution in [0.1, 0.15) is 29.6 Å². The molecular formula is C14H21O4P. The molecule has 1 unspecified atom stereocenters. The summed E-state index contributed by atoms with van der Waals surface area (Å²) in [5.41, 5.74) is 0.495. The molecule has 19 heavy (non-hydrogen) atoms. The summed E-state index contributed by atoms with van der Waals surface area (Å²) in [6.07, 6.45) is 3.37. The highest BCUT2D eigenvalue weighted by Crippen LogP contribution is 2.35. The van der Waals surface area contributed by atoms with Crippen LogP contribution in [0.15, 0.2) is 12.1 Å². The number of ketones is 1. The average Bonchev–Trinajstić information content (AvgIpc) is 2.45. The first kappa shape index (κ1) is 15.8. The smallest absolute Gasteiger partial charge is 0.170 e. The first-order valence-corrected chi connectivity index (χ1v) is 7.02. The Morgan fingerprint density at radius 1 is 1.05 bits per heavy atom. The van der Waals surface area contributed by atoms with Gasteiger partial charge in [0.25, 0.3) is 0 Å².